The van der Waals surface area contributed by atoms with Crippen molar-refractivity contribution in [1.82, 2.24) is 0 Å². The van der Waals surface area contributed by atoms with Crippen molar-refractivity contribution in [2.75, 3.05) is 29.0 Å². The Kier molecular flexibility index (Phi) is 4.00. The number of fused-ring (bicyclic) bond motifs is 1. The van der Waals surface area contributed by atoms with E-state index in [-0.39, 0.29) is 5.91 Å². The van der Waals surface area contributed by atoms with Crippen LogP contribution in [0.1, 0.15) is 17.5 Å². The Hall–Kier alpha value is -2.49. The Labute approximate surface area is 130 Å². The van der Waals surface area contributed by atoms with Crippen LogP contribution in [-0.2, 0) is 11.2 Å². The molecule has 114 valence electrons. The number of para-hydroxylation sites is 1. The molecule has 0 saturated carbocycles. The van der Waals surface area contributed by atoms with Gasteiger partial charge in [-0.1, -0.05) is 18.2 Å². The second kappa shape index (κ2) is 6.10. The molecule has 4 nitrogen and oxygen atoms in total. The topological polar surface area (TPSA) is 58.4 Å². The number of nitrogen functional groups attached to an aromatic ring is 1. The maximum absolute atomic E-state index is 12.3. The van der Waals surface area contributed by atoms with Crippen LogP contribution in [0.15, 0.2) is 42.5 Å². The van der Waals surface area contributed by atoms with Gasteiger partial charge in [-0.15, -0.1) is 0 Å². The summed E-state index contributed by atoms with van der Waals surface area (Å²) in [6, 6.07) is 13.8. The zero-order chi connectivity index (χ0) is 15.5. The SMILES string of the molecule is Cc1ccccc1NC(=O)CN1CCCc2cc(N)ccc21. The quantitative estimate of drug-likeness (QED) is 0.856. The average Bonchev–Trinajstić information content (AvgIpc) is 2.49. The van der Waals surface area contributed by atoms with Gasteiger partial charge in [0, 0.05) is 23.6 Å². The van der Waals surface area contributed by atoms with E-state index in [0.717, 1.165) is 42.0 Å². The minimum Gasteiger partial charge on any atom is -0.399 e. The van der Waals surface area contributed by atoms with Gasteiger partial charge in [-0.05, 0) is 55.2 Å². The predicted octanol–water partition coefficient (Wildman–Crippen LogP) is 2.97. The molecule has 3 N–H and O–H groups in total. The van der Waals surface area contributed by atoms with E-state index >= 15 is 0 Å². The van der Waals surface area contributed by atoms with E-state index in [4.69, 9.17) is 5.73 Å². The predicted molar refractivity (Wildman–Crippen MR) is 91.2 cm³/mol. The summed E-state index contributed by atoms with van der Waals surface area (Å²) in [7, 11) is 0. The monoisotopic (exact) mass is 295 g/mol. The van der Waals surface area contributed by atoms with Gasteiger partial charge in [-0.2, -0.15) is 0 Å². The number of hydrogen-bond acceptors (Lipinski definition) is 3. The van der Waals surface area contributed by atoms with Crippen LogP contribution in [0.25, 0.3) is 0 Å². The fourth-order valence-corrected chi connectivity index (χ4v) is 2.94. The summed E-state index contributed by atoms with van der Waals surface area (Å²) in [5, 5.41) is 2.99. The molecule has 0 saturated heterocycles. The van der Waals surface area contributed by atoms with Gasteiger partial charge in [0.2, 0.25) is 5.91 Å². The van der Waals surface area contributed by atoms with Crippen LogP contribution in [0.4, 0.5) is 17.1 Å². The molecule has 0 spiro atoms. The lowest BCUT2D eigenvalue weighted by Crippen LogP contribution is -2.36. The minimum absolute atomic E-state index is 0.0129. The first-order valence-corrected chi connectivity index (χ1v) is 7.62. The van der Waals surface area contributed by atoms with Gasteiger partial charge in [0.15, 0.2) is 0 Å². The molecule has 4 heteroatoms. The van der Waals surface area contributed by atoms with Gasteiger partial charge >= 0.3 is 0 Å². The van der Waals surface area contributed by atoms with E-state index in [0.29, 0.717) is 6.54 Å². The summed E-state index contributed by atoms with van der Waals surface area (Å²) < 4.78 is 0. The number of nitrogens with one attached hydrogen (secondary N) is 1. The highest BCUT2D eigenvalue weighted by molar-refractivity contribution is 5.95. The summed E-state index contributed by atoms with van der Waals surface area (Å²) >= 11 is 0. The number of amides is 1. The van der Waals surface area contributed by atoms with Crippen LogP contribution < -0.4 is 16.0 Å². The molecule has 2 aromatic carbocycles. The summed E-state index contributed by atoms with van der Waals surface area (Å²) in [4.78, 5) is 14.5. The largest absolute Gasteiger partial charge is 0.399 e. The highest BCUT2D eigenvalue weighted by Gasteiger charge is 2.19. The molecule has 1 aliphatic rings. The first-order chi connectivity index (χ1) is 10.6. The minimum atomic E-state index is 0.0129. The molecule has 0 unspecified atom stereocenters. The number of aryl methyl sites for hydroxylation is 2. The first-order valence-electron chi connectivity index (χ1n) is 7.62. The molecular formula is C18H21N3O. The molecule has 0 bridgehead atoms. The third-order valence-corrected chi connectivity index (χ3v) is 4.07. The fourth-order valence-electron chi connectivity index (χ4n) is 2.94. The van der Waals surface area contributed by atoms with E-state index < -0.39 is 0 Å². The molecule has 1 heterocycles. The van der Waals surface area contributed by atoms with Crippen molar-refractivity contribution >= 4 is 23.0 Å². The van der Waals surface area contributed by atoms with Gasteiger partial charge in [0.25, 0.3) is 0 Å². The number of rotatable bonds is 3. The Balaban J connectivity index is 1.72. The molecule has 0 radical (unpaired) electrons. The third-order valence-electron chi connectivity index (χ3n) is 4.07. The molecule has 0 fully saturated rings. The number of hydrogen-bond donors (Lipinski definition) is 2. The molecule has 0 aliphatic carbocycles. The number of nitrogens with two attached hydrogens (primary N) is 1. The molecule has 22 heavy (non-hydrogen) atoms. The summed E-state index contributed by atoms with van der Waals surface area (Å²) in [6.07, 6.45) is 2.07. The number of carbonyl (C=O) groups excluding carboxylic acids is 1. The van der Waals surface area contributed by atoms with Crippen LogP contribution >= 0.6 is 0 Å². The molecule has 3 rings (SSSR count). The lowest BCUT2D eigenvalue weighted by Gasteiger charge is -2.31. The van der Waals surface area contributed by atoms with Gasteiger partial charge < -0.3 is 16.0 Å². The Bertz CT molecular complexity index is 696. The lowest BCUT2D eigenvalue weighted by molar-refractivity contribution is -0.115. The Morgan fingerprint density at radius 3 is 2.91 bits per heavy atom. The summed E-state index contributed by atoms with van der Waals surface area (Å²) in [6.45, 7) is 3.26. The van der Waals surface area contributed by atoms with E-state index in [1.54, 1.807) is 0 Å². The van der Waals surface area contributed by atoms with Crippen molar-refractivity contribution in [3.05, 3.63) is 53.6 Å². The zero-order valence-corrected chi connectivity index (χ0v) is 12.8. The fraction of sp³-hybridized carbons (Fsp3) is 0.278. The second-order valence-electron chi connectivity index (χ2n) is 5.78. The smallest absolute Gasteiger partial charge is 0.243 e. The van der Waals surface area contributed by atoms with Crippen molar-refractivity contribution in [2.24, 2.45) is 0 Å². The number of nitrogens with zero attached hydrogens (tertiary/aromatic N) is 1. The lowest BCUT2D eigenvalue weighted by atomic mass is 10.0. The molecule has 0 atom stereocenters. The molecule has 1 amide bonds. The number of carbonyl (C=O) groups is 1. The van der Waals surface area contributed by atoms with Crippen LogP contribution in [-0.4, -0.2) is 19.0 Å². The van der Waals surface area contributed by atoms with Crippen LogP contribution in [0, 0.1) is 6.92 Å². The molecule has 0 aromatic heterocycles. The van der Waals surface area contributed by atoms with Crippen molar-refractivity contribution in [3.63, 3.8) is 0 Å². The third kappa shape index (κ3) is 3.06. The van der Waals surface area contributed by atoms with Crippen molar-refractivity contribution in [2.45, 2.75) is 19.8 Å². The Morgan fingerprint density at radius 1 is 1.27 bits per heavy atom. The second-order valence-corrected chi connectivity index (χ2v) is 5.78. The first kappa shape index (κ1) is 14.4. The standard InChI is InChI=1S/C18H21N3O/c1-13-5-2-3-7-16(13)20-18(22)12-21-10-4-6-14-11-15(19)8-9-17(14)21/h2-3,5,7-9,11H,4,6,10,12,19H2,1H3,(H,20,22). The van der Waals surface area contributed by atoms with Gasteiger partial charge in [0.1, 0.15) is 0 Å². The summed E-state index contributed by atoms with van der Waals surface area (Å²) in [5.41, 5.74) is 10.9. The van der Waals surface area contributed by atoms with Crippen LogP contribution in [0.3, 0.4) is 0 Å². The maximum atomic E-state index is 12.3. The van der Waals surface area contributed by atoms with Gasteiger partial charge in [0.05, 0.1) is 6.54 Å². The number of anilines is 3. The average molecular weight is 295 g/mol. The Morgan fingerprint density at radius 2 is 2.09 bits per heavy atom. The van der Waals surface area contributed by atoms with Crippen LogP contribution in [0.5, 0.6) is 0 Å². The highest BCUT2D eigenvalue weighted by atomic mass is 16.2. The van der Waals surface area contributed by atoms with Crippen LogP contribution in [0.2, 0.25) is 0 Å². The van der Waals surface area contributed by atoms with E-state index in [9.17, 15) is 4.79 Å². The summed E-state index contributed by atoms with van der Waals surface area (Å²) in [5.74, 6) is 0.0129. The van der Waals surface area contributed by atoms with Crippen molar-refractivity contribution in [1.29, 1.82) is 0 Å². The zero-order valence-electron chi connectivity index (χ0n) is 12.8. The molecular weight excluding hydrogens is 274 g/mol. The van der Waals surface area contributed by atoms with E-state index in [1.807, 2.05) is 49.4 Å². The normalized spacial score (nSPS) is 13.6. The van der Waals surface area contributed by atoms with Gasteiger partial charge in [-0.25, -0.2) is 0 Å². The number of benzene rings is 2. The molecule has 1 aliphatic heterocycles. The van der Waals surface area contributed by atoms with Crippen molar-refractivity contribution < 1.29 is 4.79 Å². The van der Waals surface area contributed by atoms with Crippen molar-refractivity contribution in [3.8, 4) is 0 Å². The molecule has 2 aromatic rings. The van der Waals surface area contributed by atoms with E-state index in [2.05, 4.69) is 10.2 Å². The van der Waals surface area contributed by atoms with E-state index in [1.165, 1.54) is 5.56 Å². The highest BCUT2D eigenvalue weighted by Crippen LogP contribution is 2.28. The van der Waals surface area contributed by atoms with Gasteiger partial charge in [-0.3, -0.25) is 4.79 Å². The maximum Gasteiger partial charge on any atom is 0.243 e.